The first-order valence-corrected chi connectivity index (χ1v) is 7.79. The first-order valence-electron chi connectivity index (χ1n) is 6.22. The van der Waals surface area contributed by atoms with E-state index in [1.54, 1.807) is 38.1 Å². The topological polar surface area (TPSA) is 130 Å². The maximum absolute atomic E-state index is 11.9. The van der Waals surface area contributed by atoms with Gasteiger partial charge in [-0.15, -0.1) is 0 Å². The van der Waals surface area contributed by atoms with Crippen molar-refractivity contribution in [1.29, 1.82) is 0 Å². The van der Waals surface area contributed by atoms with Gasteiger partial charge in [-0.1, -0.05) is 18.2 Å². The summed E-state index contributed by atoms with van der Waals surface area (Å²) in [6, 6.07) is 8.56. The van der Waals surface area contributed by atoms with E-state index in [0.717, 1.165) is 0 Å². The highest BCUT2D eigenvalue weighted by Gasteiger charge is 2.40. The van der Waals surface area contributed by atoms with Crippen LogP contribution in [0, 0.1) is 0 Å². The summed E-state index contributed by atoms with van der Waals surface area (Å²) in [5.74, 6) is -0.806. The number of hydrogen-bond donors (Lipinski definition) is 4. The van der Waals surface area contributed by atoms with E-state index in [9.17, 15) is 14.3 Å². The molecule has 0 fully saturated rings. The molecule has 0 heterocycles. The summed E-state index contributed by atoms with van der Waals surface area (Å²) in [6.07, 6.45) is -1.23. The number of hydrogen-bond acceptors (Lipinski definition) is 5. The molecule has 120 valence electrons. The fourth-order valence-electron chi connectivity index (χ4n) is 0.863. The van der Waals surface area contributed by atoms with Crippen molar-refractivity contribution >= 4 is 13.6 Å². The minimum atomic E-state index is -3.74. The fraction of sp³-hybridized carbons (Fsp3) is 0.462. The molecule has 1 aromatic rings. The van der Waals surface area contributed by atoms with Gasteiger partial charge in [-0.2, -0.15) is 0 Å². The number of carboxylic acids is 1. The second-order valence-electron chi connectivity index (χ2n) is 4.96. The second-order valence-corrected chi connectivity index (χ2v) is 7.39. The predicted molar refractivity (Wildman–Crippen MR) is 79.3 cm³/mol. The van der Waals surface area contributed by atoms with Gasteiger partial charge in [-0.3, -0.25) is 0 Å². The number of aliphatic hydroxyl groups is 1. The molecule has 0 aliphatic heterocycles. The zero-order chi connectivity index (χ0) is 16.7. The van der Waals surface area contributed by atoms with E-state index in [1.807, 2.05) is 6.07 Å². The van der Waals surface area contributed by atoms with Crippen molar-refractivity contribution in [2.24, 2.45) is 5.73 Å². The predicted octanol–water partition coefficient (Wildman–Crippen LogP) is 1.44. The van der Waals surface area contributed by atoms with Crippen molar-refractivity contribution in [3.05, 3.63) is 30.3 Å². The Labute approximate surface area is 123 Å². The molecular formula is C13H22NO6P. The molecule has 0 saturated heterocycles. The van der Waals surface area contributed by atoms with E-state index in [-0.39, 0.29) is 6.54 Å². The minimum Gasteiger partial charge on any atom is -0.479 e. The largest absolute Gasteiger partial charge is 0.479 e. The third kappa shape index (κ3) is 6.73. The quantitative estimate of drug-likeness (QED) is 0.604. The maximum Gasteiger partial charge on any atom is 0.383 e. The van der Waals surface area contributed by atoms with Crippen molar-refractivity contribution in [1.82, 2.24) is 0 Å². The van der Waals surface area contributed by atoms with Crippen LogP contribution in [-0.4, -0.2) is 38.9 Å². The van der Waals surface area contributed by atoms with E-state index in [0.29, 0.717) is 5.75 Å². The van der Waals surface area contributed by atoms with E-state index < -0.39 is 24.8 Å². The molecule has 2 atom stereocenters. The zero-order valence-electron chi connectivity index (χ0n) is 12.3. The number of aliphatic hydroxyl groups excluding tert-OH is 1. The van der Waals surface area contributed by atoms with Crippen molar-refractivity contribution in [2.75, 3.05) is 6.54 Å². The molecule has 5 N–H and O–H groups in total. The first-order chi connectivity index (χ1) is 9.53. The van der Waals surface area contributed by atoms with Crippen LogP contribution in [0.3, 0.4) is 0 Å². The number of nitrogens with two attached hydrogens (primary N) is 1. The van der Waals surface area contributed by atoms with Gasteiger partial charge in [-0.05, 0) is 32.9 Å². The van der Waals surface area contributed by atoms with Crippen LogP contribution in [0.2, 0.25) is 0 Å². The second kappa shape index (κ2) is 8.14. The van der Waals surface area contributed by atoms with Gasteiger partial charge in [0.05, 0.1) is 5.16 Å². The van der Waals surface area contributed by atoms with Crippen LogP contribution >= 0.6 is 7.60 Å². The monoisotopic (exact) mass is 319 g/mol. The molecule has 8 heteroatoms. The standard InChI is InChI=1S/C10H16NO3P.C3H6O3/c1-10(2,8-11)15(12,13)14-9-6-4-3-5-7-9;1-2(4)3(5)6/h3-7H,8,11H2,1-2H3,(H,12,13);2,4H,1H3,(H,5,6). The van der Waals surface area contributed by atoms with Gasteiger partial charge in [0.1, 0.15) is 11.9 Å². The Hall–Kier alpha value is -1.40. The third-order valence-corrected chi connectivity index (χ3v) is 4.77. The van der Waals surface area contributed by atoms with Crippen LogP contribution in [0.4, 0.5) is 0 Å². The molecular weight excluding hydrogens is 297 g/mol. The third-order valence-electron chi connectivity index (χ3n) is 2.59. The summed E-state index contributed by atoms with van der Waals surface area (Å²) in [5, 5.41) is 14.8. The molecule has 0 aliphatic carbocycles. The van der Waals surface area contributed by atoms with Crippen molar-refractivity contribution in [3.63, 3.8) is 0 Å². The van der Waals surface area contributed by atoms with Gasteiger partial charge in [0.25, 0.3) is 0 Å². The Balaban J connectivity index is 0.000000567. The van der Waals surface area contributed by atoms with Gasteiger partial charge in [0.2, 0.25) is 0 Å². The molecule has 0 amide bonds. The number of rotatable bonds is 5. The molecule has 0 saturated carbocycles. The molecule has 0 aliphatic rings. The molecule has 2 unspecified atom stereocenters. The van der Waals surface area contributed by atoms with Gasteiger partial charge in [0, 0.05) is 6.54 Å². The summed E-state index contributed by atoms with van der Waals surface area (Å²) in [4.78, 5) is 19.2. The first kappa shape index (κ1) is 19.6. The number of para-hydroxylation sites is 1. The van der Waals surface area contributed by atoms with Crippen LogP contribution < -0.4 is 10.3 Å². The summed E-state index contributed by atoms with van der Waals surface area (Å²) in [7, 11) is -3.74. The van der Waals surface area contributed by atoms with Crippen molar-refractivity contribution < 1.29 is 29.0 Å². The molecule has 1 rings (SSSR count). The zero-order valence-corrected chi connectivity index (χ0v) is 13.2. The average Bonchev–Trinajstić information content (AvgIpc) is 2.39. The van der Waals surface area contributed by atoms with E-state index in [2.05, 4.69) is 0 Å². The van der Waals surface area contributed by atoms with Crippen LogP contribution in [0.25, 0.3) is 0 Å². The average molecular weight is 319 g/mol. The van der Waals surface area contributed by atoms with Gasteiger partial charge >= 0.3 is 13.6 Å². The molecule has 0 aromatic heterocycles. The Morgan fingerprint density at radius 3 is 2.14 bits per heavy atom. The Morgan fingerprint density at radius 1 is 1.38 bits per heavy atom. The smallest absolute Gasteiger partial charge is 0.383 e. The van der Waals surface area contributed by atoms with Crippen LogP contribution in [0.15, 0.2) is 30.3 Å². The van der Waals surface area contributed by atoms with Gasteiger partial charge in [0.15, 0.2) is 0 Å². The molecule has 0 bridgehead atoms. The molecule has 1 aromatic carbocycles. The summed E-state index contributed by atoms with van der Waals surface area (Å²) < 4.78 is 17.0. The lowest BCUT2D eigenvalue weighted by Gasteiger charge is -2.27. The fourth-order valence-corrected chi connectivity index (χ4v) is 1.75. The molecule has 21 heavy (non-hydrogen) atoms. The lowest BCUT2D eigenvalue weighted by molar-refractivity contribution is -0.145. The number of carbonyl (C=O) groups is 1. The van der Waals surface area contributed by atoms with Gasteiger partial charge < -0.3 is 25.4 Å². The summed E-state index contributed by atoms with van der Waals surface area (Å²) in [5.41, 5.74) is 5.43. The molecule has 0 radical (unpaired) electrons. The Kier molecular flexibility index (Phi) is 7.60. The molecule has 0 spiro atoms. The Bertz CT molecular complexity index is 489. The van der Waals surface area contributed by atoms with Crippen molar-refractivity contribution in [2.45, 2.75) is 32.0 Å². The lowest BCUT2D eigenvalue weighted by atomic mass is 10.2. The molecule has 7 nitrogen and oxygen atoms in total. The highest BCUT2D eigenvalue weighted by Crippen LogP contribution is 2.54. The van der Waals surface area contributed by atoms with E-state index in [1.165, 1.54) is 6.92 Å². The Morgan fingerprint density at radius 2 is 1.81 bits per heavy atom. The summed E-state index contributed by atoms with van der Waals surface area (Å²) >= 11 is 0. The number of aliphatic carboxylic acids is 1. The summed E-state index contributed by atoms with van der Waals surface area (Å²) in [6.45, 7) is 4.50. The van der Waals surface area contributed by atoms with Crippen LogP contribution in [0.5, 0.6) is 5.75 Å². The van der Waals surface area contributed by atoms with E-state index in [4.69, 9.17) is 20.5 Å². The van der Waals surface area contributed by atoms with Crippen molar-refractivity contribution in [3.8, 4) is 5.75 Å². The highest BCUT2D eigenvalue weighted by molar-refractivity contribution is 7.55. The number of benzene rings is 1. The maximum atomic E-state index is 11.9. The van der Waals surface area contributed by atoms with Crippen LogP contribution in [0.1, 0.15) is 20.8 Å². The van der Waals surface area contributed by atoms with Crippen LogP contribution in [-0.2, 0) is 9.36 Å². The number of carboxylic acid groups (broad SMARTS) is 1. The minimum absolute atomic E-state index is 0.0909. The SMILES string of the molecule is CC(C)(CN)P(=O)(O)Oc1ccccc1.CC(O)C(=O)O. The van der Waals surface area contributed by atoms with Gasteiger partial charge in [-0.25, -0.2) is 9.36 Å². The lowest BCUT2D eigenvalue weighted by Crippen LogP contribution is -2.32. The highest BCUT2D eigenvalue weighted by atomic mass is 31.2. The van der Waals surface area contributed by atoms with E-state index >= 15 is 0 Å². The normalized spacial score (nSPS) is 15.1.